The summed E-state index contributed by atoms with van der Waals surface area (Å²) >= 11 is 0. The topological polar surface area (TPSA) is 32.3 Å². The fourth-order valence-corrected chi connectivity index (χ4v) is 2.01. The van der Waals surface area contributed by atoms with Crippen LogP contribution in [-0.4, -0.2) is 30.1 Å². The van der Waals surface area contributed by atoms with Crippen LogP contribution in [0.5, 0.6) is 0 Å². The van der Waals surface area contributed by atoms with E-state index >= 15 is 0 Å². The fraction of sp³-hybridized carbons (Fsp3) is 0.909. The number of nitrogens with zero attached hydrogens (tertiary/aromatic N) is 1. The number of carbonyl (C=O) groups excluding carboxylic acids is 1. The van der Waals surface area contributed by atoms with E-state index in [-0.39, 0.29) is 18.1 Å². The molecule has 1 aliphatic rings. The molecule has 0 aromatic heterocycles. The molecule has 0 spiro atoms. The zero-order valence-electron chi connectivity index (χ0n) is 9.87. The molecule has 82 valence electrons. The number of hydrogen-bond acceptors (Lipinski definition) is 2. The second kappa shape index (κ2) is 4.30. The Morgan fingerprint density at radius 2 is 2.00 bits per heavy atom. The van der Waals surface area contributed by atoms with Gasteiger partial charge in [-0.3, -0.25) is 10.1 Å². The van der Waals surface area contributed by atoms with Crippen molar-refractivity contribution in [3.05, 3.63) is 0 Å². The van der Waals surface area contributed by atoms with E-state index in [0.29, 0.717) is 11.8 Å². The van der Waals surface area contributed by atoms with Crippen molar-refractivity contribution in [2.75, 3.05) is 7.05 Å². The summed E-state index contributed by atoms with van der Waals surface area (Å²) in [4.78, 5) is 13.7. The number of amides is 1. The number of rotatable bonds is 3. The summed E-state index contributed by atoms with van der Waals surface area (Å²) in [6, 6.07) is 0.0254. The Kier molecular flexibility index (Phi) is 3.53. The van der Waals surface area contributed by atoms with Crippen molar-refractivity contribution in [1.82, 2.24) is 10.2 Å². The lowest BCUT2D eigenvalue weighted by Crippen LogP contribution is -2.40. The molecular formula is C11H22N2O. The molecule has 3 nitrogen and oxygen atoms in total. The molecule has 0 bridgehead atoms. The van der Waals surface area contributed by atoms with Crippen LogP contribution in [0.3, 0.4) is 0 Å². The number of hydrogen-bond donors (Lipinski definition) is 1. The molecule has 3 unspecified atom stereocenters. The van der Waals surface area contributed by atoms with E-state index < -0.39 is 0 Å². The highest BCUT2D eigenvalue weighted by Crippen LogP contribution is 2.21. The summed E-state index contributed by atoms with van der Waals surface area (Å²) in [5.41, 5.74) is 0. The fourth-order valence-electron chi connectivity index (χ4n) is 2.01. The monoisotopic (exact) mass is 198 g/mol. The van der Waals surface area contributed by atoms with E-state index in [1.54, 1.807) is 0 Å². The van der Waals surface area contributed by atoms with Crippen molar-refractivity contribution in [1.29, 1.82) is 0 Å². The Bertz CT molecular complexity index is 215. The van der Waals surface area contributed by atoms with E-state index in [1.165, 1.54) is 0 Å². The molecule has 3 heteroatoms. The predicted molar refractivity (Wildman–Crippen MR) is 57.8 cm³/mol. The first-order chi connectivity index (χ1) is 6.49. The van der Waals surface area contributed by atoms with Crippen LogP contribution >= 0.6 is 0 Å². The molecule has 0 aromatic carbocycles. The smallest absolute Gasteiger partial charge is 0.241 e. The van der Waals surface area contributed by atoms with E-state index in [9.17, 15) is 4.79 Å². The molecule has 1 aliphatic heterocycles. The van der Waals surface area contributed by atoms with Crippen molar-refractivity contribution in [2.24, 2.45) is 11.8 Å². The Balaban J connectivity index is 2.71. The minimum absolute atomic E-state index is 0.0254. The van der Waals surface area contributed by atoms with E-state index in [1.807, 2.05) is 11.9 Å². The molecule has 1 fully saturated rings. The molecule has 1 rings (SSSR count). The van der Waals surface area contributed by atoms with Crippen LogP contribution in [0.25, 0.3) is 0 Å². The van der Waals surface area contributed by atoms with Crippen molar-refractivity contribution < 1.29 is 4.79 Å². The SMILES string of the molecule is CCC(C)C1NC(C(C)C)N(C)C1=O. The van der Waals surface area contributed by atoms with Gasteiger partial charge in [0.05, 0.1) is 12.2 Å². The Labute approximate surface area is 86.9 Å². The van der Waals surface area contributed by atoms with Gasteiger partial charge in [0.2, 0.25) is 5.91 Å². The lowest BCUT2D eigenvalue weighted by Gasteiger charge is -2.22. The average Bonchev–Trinajstić information content (AvgIpc) is 2.43. The van der Waals surface area contributed by atoms with Gasteiger partial charge >= 0.3 is 0 Å². The van der Waals surface area contributed by atoms with Crippen molar-refractivity contribution in [3.8, 4) is 0 Å². The summed E-state index contributed by atoms with van der Waals surface area (Å²) in [6.07, 6.45) is 1.25. The normalized spacial score (nSPS) is 30.1. The highest BCUT2D eigenvalue weighted by molar-refractivity contribution is 5.84. The van der Waals surface area contributed by atoms with E-state index in [4.69, 9.17) is 0 Å². The van der Waals surface area contributed by atoms with Gasteiger partial charge in [0.25, 0.3) is 0 Å². The number of nitrogens with one attached hydrogen (secondary N) is 1. The maximum atomic E-state index is 11.9. The largest absolute Gasteiger partial charge is 0.329 e. The van der Waals surface area contributed by atoms with Gasteiger partial charge in [-0.2, -0.15) is 0 Å². The van der Waals surface area contributed by atoms with Crippen LogP contribution in [0.1, 0.15) is 34.1 Å². The zero-order chi connectivity index (χ0) is 10.9. The van der Waals surface area contributed by atoms with Gasteiger partial charge in [-0.05, 0) is 11.8 Å². The molecular weight excluding hydrogens is 176 g/mol. The average molecular weight is 198 g/mol. The van der Waals surface area contributed by atoms with Crippen LogP contribution in [-0.2, 0) is 4.79 Å². The Hall–Kier alpha value is -0.570. The molecule has 1 heterocycles. The summed E-state index contributed by atoms with van der Waals surface area (Å²) in [5, 5.41) is 3.42. The third-order valence-corrected chi connectivity index (χ3v) is 3.23. The second-order valence-electron chi connectivity index (χ2n) is 4.67. The molecule has 14 heavy (non-hydrogen) atoms. The molecule has 1 saturated heterocycles. The highest BCUT2D eigenvalue weighted by Gasteiger charge is 2.39. The maximum absolute atomic E-state index is 11.9. The maximum Gasteiger partial charge on any atom is 0.241 e. The van der Waals surface area contributed by atoms with Gasteiger partial charge in [0, 0.05) is 7.05 Å². The molecule has 3 atom stereocenters. The van der Waals surface area contributed by atoms with E-state index in [0.717, 1.165) is 6.42 Å². The molecule has 0 saturated carbocycles. The second-order valence-corrected chi connectivity index (χ2v) is 4.67. The van der Waals surface area contributed by atoms with Gasteiger partial charge < -0.3 is 4.90 Å². The van der Waals surface area contributed by atoms with Gasteiger partial charge in [0.1, 0.15) is 0 Å². The summed E-state index contributed by atoms with van der Waals surface area (Å²) in [6.45, 7) is 8.54. The molecule has 0 radical (unpaired) electrons. The minimum Gasteiger partial charge on any atom is -0.329 e. The van der Waals surface area contributed by atoms with Crippen LogP contribution in [0, 0.1) is 11.8 Å². The lowest BCUT2D eigenvalue weighted by molar-refractivity contribution is -0.129. The van der Waals surface area contributed by atoms with Crippen molar-refractivity contribution in [2.45, 2.75) is 46.3 Å². The van der Waals surface area contributed by atoms with Gasteiger partial charge in [-0.15, -0.1) is 0 Å². The van der Waals surface area contributed by atoms with Gasteiger partial charge in [0.15, 0.2) is 0 Å². The first kappa shape index (κ1) is 11.5. The number of carbonyl (C=O) groups is 1. The quantitative estimate of drug-likeness (QED) is 0.744. The Morgan fingerprint density at radius 1 is 1.43 bits per heavy atom. The third kappa shape index (κ3) is 1.92. The summed E-state index contributed by atoms with van der Waals surface area (Å²) < 4.78 is 0. The van der Waals surface area contributed by atoms with Crippen LogP contribution in [0.2, 0.25) is 0 Å². The summed E-state index contributed by atoms with van der Waals surface area (Å²) in [5.74, 6) is 1.14. The third-order valence-electron chi connectivity index (χ3n) is 3.23. The van der Waals surface area contributed by atoms with Gasteiger partial charge in [-0.25, -0.2) is 0 Å². The predicted octanol–water partition coefficient (Wildman–Crippen LogP) is 1.44. The number of likely N-dealkylation sites (N-methyl/N-ethyl adjacent to an activating group) is 1. The van der Waals surface area contributed by atoms with Crippen LogP contribution in [0.15, 0.2) is 0 Å². The molecule has 0 aromatic rings. The molecule has 1 amide bonds. The Morgan fingerprint density at radius 3 is 2.36 bits per heavy atom. The minimum atomic E-state index is 0.0254. The molecule has 0 aliphatic carbocycles. The molecule has 1 N–H and O–H groups in total. The van der Waals surface area contributed by atoms with Crippen LogP contribution in [0.4, 0.5) is 0 Å². The van der Waals surface area contributed by atoms with Gasteiger partial charge in [-0.1, -0.05) is 34.1 Å². The lowest BCUT2D eigenvalue weighted by atomic mass is 9.99. The van der Waals surface area contributed by atoms with Crippen molar-refractivity contribution >= 4 is 5.91 Å². The zero-order valence-corrected chi connectivity index (χ0v) is 9.87. The first-order valence-corrected chi connectivity index (χ1v) is 5.51. The van der Waals surface area contributed by atoms with E-state index in [2.05, 4.69) is 33.0 Å². The summed E-state index contributed by atoms with van der Waals surface area (Å²) in [7, 11) is 1.89. The standard InChI is InChI=1S/C11H22N2O/c1-6-8(4)9-11(14)13(5)10(12-9)7(2)3/h7-10,12H,6H2,1-5H3. The first-order valence-electron chi connectivity index (χ1n) is 5.51. The van der Waals surface area contributed by atoms with Crippen molar-refractivity contribution in [3.63, 3.8) is 0 Å². The van der Waals surface area contributed by atoms with Crippen LogP contribution < -0.4 is 5.32 Å². The highest BCUT2D eigenvalue weighted by atomic mass is 16.2.